The van der Waals surface area contributed by atoms with E-state index in [9.17, 15) is 19.8 Å². The maximum atomic E-state index is 12.5. The zero-order chi connectivity index (χ0) is 29.9. The summed E-state index contributed by atoms with van der Waals surface area (Å²) < 4.78 is 11.2. The van der Waals surface area contributed by atoms with E-state index in [-0.39, 0.29) is 13.1 Å². The molecule has 0 aromatic heterocycles. The summed E-state index contributed by atoms with van der Waals surface area (Å²) in [7, 11) is 1.54. The minimum Gasteiger partial charge on any atom is -0.530 e. The first kappa shape index (κ1) is 33.1. The van der Waals surface area contributed by atoms with E-state index >= 15 is 0 Å². The Kier molecular flexibility index (Phi) is 12.4. The number of amides is 2. The topological polar surface area (TPSA) is 123 Å². The van der Waals surface area contributed by atoms with Crippen molar-refractivity contribution in [3.05, 3.63) is 71.8 Å². The summed E-state index contributed by atoms with van der Waals surface area (Å²) in [5, 5.41) is 29.4. The van der Waals surface area contributed by atoms with E-state index in [1.807, 2.05) is 81.4 Å². The molecule has 0 heterocycles. The summed E-state index contributed by atoms with van der Waals surface area (Å²) >= 11 is 0. The van der Waals surface area contributed by atoms with Crippen molar-refractivity contribution in [2.45, 2.75) is 89.8 Å². The highest BCUT2D eigenvalue weighted by molar-refractivity contribution is 5.68. The first-order chi connectivity index (χ1) is 18.7. The van der Waals surface area contributed by atoms with Crippen LogP contribution in [0, 0.1) is 0 Å². The average molecular weight is 557 g/mol. The van der Waals surface area contributed by atoms with Gasteiger partial charge in [0.1, 0.15) is 11.7 Å². The van der Waals surface area contributed by atoms with E-state index in [0.29, 0.717) is 12.8 Å². The molecule has 0 aliphatic carbocycles. The van der Waals surface area contributed by atoms with Crippen LogP contribution in [-0.4, -0.2) is 77.8 Å². The van der Waals surface area contributed by atoms with Crippen LogP contribution in [0.4, 0.5) is 9.59 Å². The van der Waals surface area contributed by atoms with Gasteiger partial charge in [0.15, 0.2) is 0 Å². The molecule has 0 saturated heterocycles. The van der Waals surface area contributed by atoms with Crippen molar-refractivity contribution < 1.29 is 29.3 Å². The number of carbonyl (C=O) groups is 2. The van der Waals surface area contributed by atoms with Gasteiger partial charge in [-0.05, 0) is 65.5 Å². The molecule has 9 nitrogen and oxygen atoms in total. The largest absolute Gasteiger partial charge is 0.530 e. The molecule has 0 fully saturated rings. The quantitative estimate of drug-likeness (QED) is 0.346. The lowest BCUT2D eigenvalue weighted by Gasteiger charge is -2.46. The lowest BCUT2D eigenvalue weighted by Crippen LogP contribution is -2.62. The van der Waals surface area contributed by atoms with Crippen molar-refractivity contribution in [3.63, 3.8) is 0 Å². The van der Waals surface area contributed by atoms with Gasteiger partial charge >= 0.3 is 6.09 Å². The van der Waals surface area contributed by atoms with Crippen LogP contribution in [0.25, 0.3) is 0 Å². The van der Waals surface area contributed by atoms with Crippen LogP contribution in [0.2, 0.25) is 0 Å². The first-order valence-electron chi connectivity index (χ1n) is 13.7. The van der Waals surface area contributed by atoms with Crippen molar-refractivity contribution in [1.29, 1.82) is 0 Å². The number of nitrogens with one attached hydrogen (secondary N) is 2. The Balaban J connectivity index is 2.17. The molecule has 222 valence electrons. The first-order valence-corrected chi connectivity index (χ1v) is 13.7. The van der Waals surface area contributed by atoms with Gasteiger partial charge in [0.25, 0.3) is 0 Å². The minimum atomic E-state index is -1.28. The van der Waals surface area contributed by atoms with Crippen LogP contribution >= 0.6 is 0 Å². The van der Waals surface area contributed by atoms with Crippen molar-refractivity contribution in [3.8, 4) is 0 Å². The molecule has 2 amide bonds. The molecule has 4 atom stereocenters. The fourth-order valence-electron chi connectivity index (χ4n) is 4.65. The Morgan fingerprint density at radius 3 is 1.88 bits per heavy atom. The van der Waals surface area contributed by atoms with Gasteiger partial charge in [-0.1, -0.05) is 60.7 Å². The van der Waals surface area contributed by atoms with E-state index in [0.717, 1.165) is 11.1 Å². The lowest BCUT2D eigenvalue weighted by molar-refractivity contribution is -0.275. The molecular weight excluding hydrogens is 510 g/mol. The third-order valence-corrected chi connectivity index (χ3v) is 6.43. The van der Waals surface area contributed by atoms with Crippen LogP contribution in [0.15, 0.2) is 60.7 Å². The zero-order valence-corrected chi connectivity index (χ0v) is 24.8. The predicted molar refractivity (Wildman–Crippen MR) is 154 cm³/mol. The smallest absolute Gasteiger partial charge is 0.407 e. The van der Waals surface area contributed by atoms with Gasteiger partial charge in [0.2, 0.25) is 0 Å². The van der Waals surface area contributed by atoms with Crippen molar-refractivity contribution >= 4 is 12.2 Å². The van der Waals surface area contributed by atoms with Crippen LogP contribution < -0.4 is 15.7 Å². The Hall–Kier alpha value is -3.14. The second-order valence-electron chi connectivity index (χ2n) is 12.0. The Morgan fingerprint density at radius 1 is 0.900 bits per heavy atom. The lowest BCUT2D eigenvalue weighted by atomic mass is 9.94. The fraction of sp³-hybridized carbons (Fsp3) is 0.548. The number of alkyl carbamates (subject to hydrolysis) is 1. The van der Waals surface area contributed by atoms with E-state index in [1.54, 1.807) is 27.9 Å². The van der Waals surface area contributed by atoms with Crippen molar-refractivity contribution in [2.75, 3.05) is 20.2 Å². The molecule has 2 aromatic rings. The van der Waals surface area contributed by atoms with E-state index < -0.39 is 47.6 Å². The second kappa shape index (κ2) is 15.0. The number of benzene rings is 2. The van der Waals surface area contributed by atoms with Crippen LogP contribution in [-0.2, 0) is 22.3 Å². The molecule has 2 rings (SSSR count). The Bertz CT molecular complexity index is 1040. The minimum absolute atomic E-state index is 0.131. The van der Waals surface area contributed by atoms with Gasteiger partial charge in [0.05, 0.1) is 24.3 Å². The van der Waals surface area contributed by atoms with Gasteiger partial charge in [-0.3, -0.25) is 0 Å². The average Bonchev–Trinajstić information content (AvgIpc) is 2.85. The van der Waals surface area contributed by atoms with Crippen LogP contribution in [0.3, 0.4) is 0 Å². The summed E-state index contributed by atoms with van der Waals surface area (Å²) in [5.74, 6) is 0. The highest BCUT2D eigenvalue weighted by Crippen LogP contribution is 2.23. The van der Waals surface area contributed by atoms with Crippen LogP contribution in [0.5, 0.6) is 0 Å². The number of hydrogen-bond donors (Lipinski definition) is 3. The van der Waals surface area contributed by atoms with E-state index in [1.165, 1.54) is 4.90 Å². The van der Waals surface area contributed by atoms with Crippen molar-refractivity contribution in [2.24, 2.45) is 0 Å². The Labute approximate surface area is 238 Å². The highest BCUT2D eigenvalue weighted by atomic mass is 16.6. The molecule has 0 saturated carbocycles. The maximum absolute atomic E-state index is 12.5. The standard InChI is InChI=1S/C31H47N3O6/c1-30(2,3)34(29(37)38)25(19-23-16-12-9-13-17-23)27(39-7)21-32-20-26(35)24(18-22-14-10-8-11-15-22)33-28(36)40-31(4,5)6/h8-17,24-27,32,35H,18-21H2,1-7H3,(H,33,36)(H,37,38)/p-1/t24-,25-,26+,27+/m0/s1. The van der Waals surface area contributed by atoms with Crippen molar-refractivity contribution in [1.82, 2.24) is 15.5 Å². The fourth-order valence-corrected chi connectivity index (χ4v) is 4.65. The highest BCUT2D eigenvalue weighted by Gasteiger charge is 2.35. The number of hydrogen-bond acceptors (Lipinski definition) is 7. The zero-order valence-electron chi connectivity index (χ0n) is 24.8. The van der Waals surface area contributed by atoms with E-state index in [4.69, 9.17) is 9.47 Å². The number of rotatable bonds is 13. The number of aliphatic hydroxyl groups excluding tert-OH is 1. The Morgan fingerprint density at radius 2 is 1.43 bits per heavy atom. The number of ether oxygens (including phenoxy) is 2. The molecule has 0 spiro atoms. The normalized spacial score (nSPS) is 15.0. The second-order valence-corrected chi connectivity index (χ2v) is 12.0. The molecule has 0 aliphatic heterocycles. The number of aliphatic hydroxyl groups is 1. The molecule has 2 aromatic carbocycles. The van der Waals surface area contributed by atoms with Crippen LogP contribution in [0.1, 0.15) is 52.7 Å². The van der Waals surface area contributed by atoms with E-state index in [2.05, 4.69) is 10.6 Å². The number of carboxylic acid groups (broad SMARTS) is 1. The molecule has 3 N–H and O–H groups in total. The molecular formula is C31H46N3O6-. The monoisotopic (exact) mass is 556 g/mol. The van der Waals surface area contributed by atoms with Gasteiger partial charge in [-0.25, -0.2) is 4.79 Å². The molecule has 0 bridgehead atoms. The molecule has 40 heavy (non-hydrogen) atoms. The third kappa shape index (κ3) is 11.2. The van der Waals surface area contributed by atoms with Gasteiger partial charge < -0.3 is 40.0 Å². The number of nitrogens with zero attached hydrogens (tertiary/aromatic N) is 1. The van der Waals surface area contributed by atoms with Gasteiger partial charge in [-0.2, -0.15) is 0 Å². The summed E-state index contributed by atoms with van der Waals surface area (Å²) in [6.07, 6.45) is -2.57. The van der Waals surface area contributed by atoms with Gasteiger partial charge in [-0.15, -0.1) is 0 Å². The SMILES string of the molecule is CO[C@H](CNC[C@@H](O)[C@H](Cc1ccccc1)NC(=O)OC(C)(C)C)[C@H](Cc1ccccc1)N(C(=O)[O-])C(C)(C)C. The molecule has 0 radical (unpaired) electrons. The molecule has 9 heteroatoms. The number of methoxy groups -OCH3 is 1. The maximum Gasteiger partial charge on any atom is 0.407 e. The summed E-state index contributed by atoms with van der Waals surface area (Å²) in [5.41, 5.74) is 0.513. The summed E-state index contributed by atoms with van der Waals surface area (Å²) in [6, 6.07) is 18.0. The molecule has 0 aliphatic rings. The summed E-state index contributed by atoms with van der Waals surface area (Å²) in [6.45, 7) is 11.2. The molecule has 0 unspecified atom stereocenters. The number of carbonyl (C=O) groups excluding carboxylic acids is 2. The predicted octanol–water partition coefficient (Wildman–Crippen LogP) is 3.14. The summed E-state index contributed by atoms with van der Waals surface area (Å²) in [4.78, 5) is 26.2. The third-order valence-electron chi connectivity index (χ3n) is 6.43. The van der Waals surface area contributed by atoms with Gasteiger partial charge in [0, 0.05) is 25.7 Å².